The molecule has 0 radical (unpaired) electrons. The molecule has 104 valence electrons. The van der Waals surface area contributed by atoms with Gasteiger partial charge < -0.3 is 10.2 Å². The largest absolute Gasteiger partial charge is 0.459 e. The number of fused-ring (bicyclic) bond motifs is 1. The predicted molar refractivity (Wildman–Crippen MR) is 63.1 cm³/mol. The van der Waals surface area contributed by atoms with Crippen LogP contribution in [-0.4, -0.2) is 6.18 Å². The van der Waals surface area contributed by atoms with Gasteiger partial charge in [0.2, 0.25) is 0 Å². The summed E-state index contributed by atoms with van der Waals surface area (Å²) in [6.45, 7) is 1.66. The van der Waals surface area contributed by atoms with Crippen LogP contribution >= 0.6 is 0 Å². The van der Waals surface area contributed by atoms with Crippen molar-refractivity contribution in [3.8, 4) is 0 Å². The Labute approximate surface area is 107 Å². The maximum absolute atomic E-state index is 13.1. The minimum Gasteiger partial charge on any atom is -0.459 e. The van der Waals surface area contributed by atoms with Crippen LogP contribution in [0.4, 0.5) is 17.6 Å². The molecule has 2 nitrogen and oxygen atoms in total. The van der Waals surface area contributed by atoms with E-state index >= 15 is 0 Å². The molecule has 0 saturated heterocycles. The Morgan fingerprint density at radius 3 is 2.63 bits per heavy atom. The fraction of sp³-hybridized carbons (Fsp3) is 0.385. The van der Waals surface area contributed by atoms with Gasteiger partial charge in [-0.05, 0) is 31.5 Å². The van der Waals surface area contributed by atoms with Crippen molar-refractivity contribution in [2.24, 2.45) is 5.73 Å². The molecule has 0 aliphatic carbocycles. The number of hydrogen-bond donors (Lipinski definition) is 1. The van der Waals surface area contributed by atoms with Crippen molar-refractivity contribution in [1.29, 1.82) is 0 Å². The quantitative estimate of drug-likeness (QED) is 0.852. The monoisotopic (exact) mass is 275 g/mol. The van der Waals surface area contributed by atoms with Crippen molar-refractivity contribution in [3.63, 3.8) is 0 Å². The molecule has 1 unspecified atom stereocenters. The van der Waals surface area contributed by atoms with Gasteiger partial charge >= 0.3 is 6.18 Å². The average molecular weight is 275 g/mol. The van der Waals surface area contributed by atoms with E-state index in [-0.39, 0.29) is 12.2 Å². The second-order valence-electron chi connectivity index (χ2n) is 4.49. The van der Waals surface area contributed by atoms with Crippen molar-refractivity contribution in [2.75, 3.05) is 0 Å². The Balaban J connectivity index is 2.27. The number of halogens is 4. The zero-order chi connectivity index (χ0) is 14.2. The highest BCUT2D eigenvalue weighted by atomic mass is 19.4. The number of furan rings is 1. The highest BCUT2D eigenvalue weighted by Gasteiger charge is 2.29. The Kier molecular flexibility index (Phi) is 3.54. The van der Waals surface area contributed by atoms with Crippen LogP contribution in [-0.2, 0) is 0 Å². The first-order valence-electron chi connectivity index (χ1n) is 5.79. The first-order chi connectivity index (χ1) is 8.78. The van der Waals surface area contributed by atoms with E-state index in [1.165, 1.54) is 18.2 Å². The predicted octanol–water partition coefficient (Wildman–Crippen LogP) is 4.22. The Bertz CT molecular complexity index is 588. The normalized spacial score (nSPS) is 14.0. The van der Waals surface area contributed by atoms with E-state index in [2.05, 4.69) is 0 Å². The molecule has 0 amide bonds. The molecule has 2 N–H and O–H groups in total. The van der Waals surface area contributed by atoms with Gasteiger partial charge in [-0.1, -0.05) is 0 Å². The summed E-state index contributed by atoms with van der Waals surface area (Å²) in [5.41, 5.74) is 6.73. The van der Waals surface area contributed by atoms with Gasteiger partial charge in [-0.15, -0.1) is 0 Å². The number of aryl methyl sites for hydroxylation is 1. The lowest BCUT2D eigenvalue weighted by atomic mass is 10.0. The molecule has 0 spiro atoms. The van der Waals surface area contributed by atoms with Crippen LogP contribution in [0.2, 0.25) is 0 Å². The first kappa shape index (κ1) is 13.9. The summed E-state index contributed by atoms with van der Waals surface area (Å²) >= 11 is 0. The second kappa shape index (κ2) is 4.85. The van der Waals surface area contributed by atoms with E-state index in [1.54, 1.807) is 6.92 Å². The van der Waals surface area contributed by atoms with Crippen LogP contribution in [0, 0.1) is 12.7 Å². The zero-order valence-corrected chi connectivity index (χ0v) is 10.2. The molecule has 2 rings (SSSR count). The Morgan fingerprint density at radius 2 is 2.00 bits per heavy atom. The van der Waals surface area contributed by atoms with Gasteiger partial charge in [-0.25, -0.2) is 4.39 Å². The number of alkyl halides is 3. The smallest absolute Gasteiger partial charge is 0.389 e. The van der Waals surface area contributed by atoms with Crippen LogP contribution in [0.1, 0.15) is 30.2 Å². The maximum atomic E-state index is 13.1. The SMILES string of the molecule is Cc1c(C(N)CCC(F)(F)F)oc2ccc(F)cc12. The van der Waals surface area contributed by atoms with E-state index in [1.807, 2.05) is 0 Å². The lowest BCUT2D eigenvalue weighted by molar-refractivity contribution is -0.136. The first-order valence-corrected chi connectivity index (χ1v) is 5.79. The van der Waals surface area contributed by atoms with Gasteiger partial charge in [-0.3, -0.25) is 0 Å². The molecule has 2 aromatic rings. The topological polar surface area (TPSA) is 39.2 Å². The molecule has 0 fully saturated rings. The third-order valence-corrected chi connectivity index (χ3v) is 3.01. The number of rotatable bonds is 3. The summed E-state index contributed by atoms with van der Waals surface area (Å²) in [6.07, 6.45) is -5.48. The number of nitrogens with two attached hydrogens (primary N) is 1. The van der Waals surface area contributed by atoms with Crippen LogP contribution in [0.3, 0.4) is 0 Å². The highest BCUT2D eigenvalue weighted by Crippen LogP contribution is 2.33. The van der Waals surface area contributed by atoms with Crippen LogP contribution in [0.15, 0.2) is 22.6 Å². The molecule has 6 heteroatoms. The Hall–Kier alpha value is -1.56. The van der Waals surface area contributed by atoms with Gasteiger partial charge in [0.15, 0.2) is 0 Å². The lowest BCUT2D eigenvalue weighted by Crippen LogP contribution is -2.15. The number of benzene rings is 1. The Morgan fingerprint density at radius 1 is 1.32 bits per heavy atom. The van der Waals surface area contributed by atoms with Gasteiger partial charge in [0, 0.05) is 17.4 Å². The molecule has 0 aliphatic heterocycles. The maximum Gasteiger partial charge on any atom is 0.389 e. The minimum atomic E-state index is -4.25. The van der Waals surface area contributed by atoms with Crippen molar-refractivity contribution in [2.45, 2.75) is 32.0 Å². The summed E-state index contributed by atoms with van der Waals surface area (Å²) in [7, 11) is 0. The lowest BCUT2D eigenvalue weighted by Gasteiger charge is -2.11. The molecule has 1 heterocycles. The van der Waals surface area contributed by atoms with Crippen molar-refractivity contribution in [1.82, 2.24) is 0 Å². The van der Waals surface area contributed by atoms with Crippen molar-refractivity contribution in [3.05, 3.63) is 35.3 Å². The summed E-state index contributed by atoms with van der Waals surface area (Å²) in [6, 6.07) is 3.11. The number of hydrogen-bond acceptors (Lipinski definition) is 2. The molecule has 1 aromatic carbocycles. The molecule has 1 atom stereocenters. The summed E-state index contributed by atoms with van der Waals surface area (Å²) in [4.78, 5) is 0. The van der Waals surface area contributed by atoms with E-state index < -0.39 is 24.5 Å². The molecular weight excluding hydrogens is 262 g/mol. The zero-order valence-electron chi connectivity index (χ0n) is 10.2. The molecular formula is C13H13F4NO. The fourth-order valence-corrected chi connectivity index (χ4v) is 2.02. The van der Waals surface area contributed by atoms with E-state index in [0.717, 1.165) is 0 Å². The molecule has 19 heavy (non-hydrogen) atoms. The van der Waals surface area contributed by atoms with Crippen molar-refractivity contribution < 1.29 is 22.0 Å². The van der Waals surface area contributed by atoms with E-state index in [4.69, 9.17) is 10.2 Å². The second-order valence-corrected chi connectivity index (χ2v) is 4.49. The standard InChI is InChI=1S/C13H13F4NO/c1-7-9-6-8(14)2-3-11(9)19-12(7)10(18)4-5-13(15,16)17/h2-3,6,10H,4-5,18H2,1H3. The van der Waals surface area contributed by atoms with Crippen LogP contribution in [0.5, 0.6) is 0 Å². The summed E-state index contributed by atoms with van der Waals surface area (Å²) in [5, 5.41) is 0.539. The third kappa shape index (κ3) is 3.07. The van der Waals surface area contributed by atoms with Gasteiger partial charge in [-0.2, -0.15) is 13.2 Å². The van der Waals surface area contributed by atoms with E-state index in [9.17, 15) is 17.6 Å². The van der Waals surface area contributed by atoms with E-state index in [0.29, 0.717) is 16.5 Å². The summed E-state index contributed by atoms with van der Waals surface area (Å²) < 4.78 is 55.0. The summed E-state index contributed by atoms with van der Waals surface area (Å²) in [5.74, 6) is -0.142. The molecule has 0 aliphatic rings. The fourth-order valence-electron chi connectivity index (χ4n) is 2.02. The van der Waals surface area contributed by atoms with Crippen LogP contribution in [0.25, 0.3) is 11.0 Å². The van der Waals surface area contributed by atoms with Gasteiger partial charge in [0.1, 0.15) is 17.2 Å². The molecule has 0 bridgehead atoms. The van der Waals surface area contributed by atoms with Crippen LogP contribution < -0.4 is 5.73 Å². The minimum absolute atomic E-state index is 0.257. The van der Waals surface area contributed by atoms with Gasteiger partial charge in [0.05, 0.1) is 6.04 Å². The third-order valence-electron chi connectivity index (χ3n) is 3.01. The average Bonchev–Trinajstić information content (AvgIpc) is 2.63. The molecule has 1 aromatic heterocycles. The van der Waals surface area contributed by atoms with Crippen molar-refractivity contribution >= 4 is 11.0 Å². The van der Waals surface area contributed by atoms with Gasteiger partial charge in [0.25, 0.3) is 0 Å². The highest BCUT2D eigenvalue weighted by molar-refractivity contribution is 5.82. The molecule has 0 saturated carbocycles.